The van der Waals surface area contributed by atoms with E-state index in [1.165, 1.54) is 28.6 Å². The van der Waals surface area contributed by atoms with Crippen LogP contribution in [0, 0.1) is 0 Å². The first-order valence-electron chi connectivity index (χ1n) is 7.87. The zero-order valence-corrected chi connectivity index (χ0v) is 15.0. The summed E-state index contributed by atoms with van der Waals surface area (Å²) in [6.45, 7) is 4.86. The number of amides is 1. The molecule has 1 aromatic carbocycles. The lowest BCUT2D eigenvalue weighted by Crippen LogP contribution is -2.30. The first-order valence-corrected chi connectivity index (χ1v) is 9.31. The summed E-state index contributed by atoms with van der Waals surface area (Å²) in [7, 11) is -1.58. The van der Waals surface area contributed by atoms with Crippen molar-refractivity contribution < 1.29 is 13.2 Å². The fraction of sp³-hybridized carbons (Fsp3) is 0.353. The Morgan fingerprint density at radius 2 is 1.75 bits per heavy atom. The molecule has 2 aromatic rings. The largest absolute Gasteiger partial charge is 0.357 e. The number of aryl methyl sites for hydroxylation is 1. The van der Waals surface area contributed by atoms with Gasteiger partial charge in [0, 0.05) is 44.6 Å². The van der Waals surface area contributed by atoms with E-state index < -0.39 is 10.0 Å². The number of aromatic nitrogens is 1. The average Bonchev–Trinajstić information content (AvgIpc) is 2.99. The zero-order chi connectivity index (χ0) is 17.7. The molecule has 0 aliphatic rings. The Kier molecular flexibility index (Phi) is 5.80. The summed E-state index contributed by atoms with van der Waals surface area (Å²) < 4.78 is 28.1. The minimum atomic E-state index is -3.50. The summed E-state index contributed by atoms with van der Waals surface area (Å²) in [5, 5.41) is 2.82. The number of nitrogens with zero attached hydrogens (tertiary/aromatic N) is 2. The lowest BCUT2D eigenvalue weighted by atomic mass is 10.2. The number of hydrogen-bond acceptors (Lipinski definition) is 3. The maximum absolute atomic E-state index is 12.4. The van der Waals surface area contributed by atoms with E-state index in [4.69, 9.17) is 0 Å². The monoisotopic (exact) mass is 349 g/mol. The van der Waals surface area contributed by atoms with E-state index in [2.05, 4.69) is 5.32 Å². The Balaban J connectivity index is 2.07. The SMILES string of the molecule is CCN(CC)S(=O)(=O)c1ccc(C(=O)NCc2ccn(C)c2)cc1. The van der Waals surface area contributed by atoms with Crippen molar-refractivity contribution in [3.63, 3.8) is 0 Å². The summed E-state index contributed by atoms with van der Waals surface area (Å²) in [6.07, 6.45) is 3.84. The molecule has 0 fully saturated rings. The van der Waals surface area contributed by atoms with Gasteiger partial charge in [-0.2, -0.15) is 4.31 Å². The van der Waals surface area contributed by atoms with Crippen LogP contribution in [0.5, 0.6) is 0 Å². The van der Waals surface area contributed by atoms with Gasteiger partial charge in [0.05, 0.1) is 4.90 Å². The van der Waals surface area contributed by atoms with Crippen LogP contribution in [-0.4, -0.2) is 36.3 Å². The normalized spacial score (nSPS) is 11.7. The van der Waals surface area contributed by atoms with Gasteiger partial charge >= 0.3 is 0 Å². The lowest BCUT2D eigenvalue weighted by Gasteiger charge is -2.18. The zero-order valence-electron chi connectivity index (χ0n) is 14.2. The highest BCUT2D eigenvalue weighted by atomic mass is 32.2. The molecule has 0 atom stereocenters. The van der Waals surface area contributed by atoms with Crippen LogP contribution in [0.1, 0.15) is 29.8 Å². The van der Waals surface area contributed by atoms with Gasteiger partial charge < -0.3 is 9.88 Å². The Morgan fingerprint density at radius 1 is 1.12 bits per heavy atom. The maximum Gasteiger partial charge on any atom is 0.251 e. The van der Waals surface area contributed by atoms with Gasteiger partial charge in [0.1, 0.15) is 0 Å². The molecular formula is C17H23N3O3S. The number of carbonyl (C=O) groups is 1. The van der Waals surface area contributed by atoms with Crippen molar-refractivity contribution >= 4 is 15.9 Å². The second-order valence-corrected chi connectivity index (χ2v) is 7.42. The van der Waals surface area contributed by atoms with Crippen LogP contribution in [-0.2, 0) is 23.6 Å². The summed E-state index contributed by atoms with van der Waals surface area (Å²) in [5.41, 5.74) is 1.44. The van der Waals surface area contributed by atoms with Crippen molar-refractivity contribution in [1.82, 2.24) is 14.2 Å². The Labute approximate surface area is 143 Å². The maximum atomic E-state index is 12.4. The summed E-state index contributed by atoms with van der Waals surface area (Å²) in [4.78, 5) is 12.4. The fourth-order valence-corrected chi connectivity index (χ4v) is 3.90. The molecule has 130 valence electrons. The molecule has 0 aliphatic carbocycles. The molecule has 1 heterocycles. The van der Waals surface area contributed by atoms with Crippen molar-refractivity contribution in [3.05, 3.63) is 53.9 Å². The summed E-state index contributed by atoms with van der Waals surface area (Å²) in [5.74, 6) is -0.231. The van der Waals surface area contributed by atoms with Gasteiger partial charge in [-0.1, -0.05) is 13.8 Å². The third-order valence-corrected chi connectivity index (χ3v) is 5.87. The van der Waals surface area contributed by atoms with Gasteiger partial charge in [-0.3, -0.25) is 4.79 Å². The van der Waals surface area contributed by atoms with Crippen molar-refractivity contribution in [3.8, 4) is 0 Å². The van der Waals surface area contributed by atoms with Crippen LogP contribution in [0.25, 0.3) is 0 Å². The van der Waals surface area contributed by atoms with Gasteiger partial charge in [0.25, 0.3) is 5.91 Å². The van der Waals surface area contributed by atoms with E-state index in [1.54, 1.807) is 13.8 Å². The van der Waals surface area contributed by atoms with E-state index in [1.807, 2.05) is 30.1 Å². The average molecular weight is 349 g/mol. The number of sulfonamides is 1. The van der Waals surface area contributed by atoms with Crippen LogP contribution in [0.4, 0.5) is 0 Å². The Bertz CT molecular complexity index is 791. The lowest BCUT2D eigenvalue weighted by molar-refractivity contribution is 0.0951. The third-order valence-electron chi connectivity index (χ3n) is 3.81. The standard InChI is InChI=1S/C17H23N3O3S/c1-4-20(5-2)24(22,23)16-8-6-15(7-9-16)17(21)18-12-14-10-11-19(3)13-14/h6-11,13H,4-5,12H2,1-3H3,(H,18,21). The van der Waals surface area contributed by atoms with Crippen LogP contribution in [0.2, 0.25) is 0 Å². The number of carbonyl (C=O) groups excluding carboxylic acids is 1. The van der Waals surface area contributed by atoms with Crippen molar-refractivity contribution in [2.75, 3.05) is 13.1 Å². The van der Waals surface area contributed by atoms with Gasteiger partial charge in [-0.15, -0.1) is 0 Å². The number of benzene rings is 1. The Morgan fingerprint density at radius 3 is 2.25 bits per heavy atom. The predicted octanol–water partition coefficient (Wildman–Crippen LogP) is 1.99. The summed E-state index contributed by atoms with van der Waals surface area (Å²) in [6, 6.07) is 7.96. The van der Waals surface area contributed by atoms with Crippen molar-refractivity contribution in [2.45, 2.75) is 25.3 Å². The molecule has 1 aromatic heterocycles. The molecule has 2 rings (SSSR count). The molecule has 1 N–H and O–H groups in total. The topological polar surface area (TPSA) is 71.4 Å². The van der Waals surface area contributed by atoms with Crippen LogP contribution >= 0.6 is 0 Å². The van der Waals surface area contributed by atoms with E-state index in [0.29, 0.717) is 25.2 Å². The second kappa shape index (κ2) is 7.63. The number of hydrogen-bond donors (Lipinski definition) is 1. The quantitative estimate of drug-likeness (QED) is 0.831. The first kappa shape index (κ1) is 18.2. The van der Waals surface area contributed by atoms with Crippen LogP contribution < -0.4 is 5.32 Å². The molecule has 24 heavy (non-hydrogen) atoms. The van der Waals surface area contributed by atoms with Gasteiger partial charge in [-0.05, 0) is 35.9 Å². The molecule has 7 heteroatoms. The smallest absolute Gasteiger partial charge is 0.251 e. The van der Waals surface area contributed by atoms with E-state index >= 15 is 0 Å². The molecule has 0 radical (unpaired) electrons. The summed E-state index contributed by atoms with van der Waals surface area (Å²) >= 11 is 0. The Hall–Kier alpha value is -2.12. The third kappa shape index (κ3) is 4.04. The number of rotatable bonds is 7. The van der Waals surface area contributed by atoms with Gasteiger partial charge in [0.15, 0.2) is 0 Å². The number of nitrogens with one attached hydrogen (secondary N) is 1. The minimum Gasteiger partial charge on any atom is -0.357 e. The molecule has 1 amide bonds. The molecule has 0 saturated heterocycles. The molecule has 6 nitrogen and oxygen atoms in total. The molecular weight excluding hydrogens is 326 g/mol. The fourth-order valence-electron chi connectivity index (χ4n) is 2.44. The molecule has 0 saturated carbocycles. The van der Waals surface area contributed by atoms with Gasteiger partial charge in [0.2, 0.25) is 10.0 Å². The van der Waals surface area contributed by atoms with Gasteiger partial charge in [-0.25, -0.2) is 8.42 Å². The van der Waals surface area contributed by atoms with Crippen molar-refractivity contribution in [2.24, 2.45) is 7.05 Å². The van der Waals surface area contributed by atoms with Crippen LogP contribution in [0.3, 0.4) is 0 Å². The van der Waals surface area contributed by atoms with E-state index in [-0.39, 0.29) is 10.8 Å². The molecule has 0 unspecified atom stereocenters. The highest BCUT2D eigenvalue weighted by Crippen LogP contribution is 2.16. The molecule has 0 spiro atoms. The van der Waals surface area contributed by atoms with Crippen LogP contribution in [0.15, 0.2) is 47.6 Å². The minimum absolute atomic E-state index is 0.200. The van der Waals surface area contributed by atoms with E-state index in [9.17, 15) is 13.2 Å². The van der Waals surface area contributed by atoms with E-state index in [0.717, 1.165) is 5.56 Å². The first-order chi connectivity index (χ1) is 11.4. The predicted molar refractivity (Wildman–Crippen MR) is 93.1 cm³/mol. The highest BCUT2D eigenvalue weighted by molar-refractivity contribution is 7.89. The second-order valence-electron chi connectivity index (χ2n) is 5.48. The highest BCUT2D eigenvalue weighted by Gasteiger charge is 2.21. The van der Waals surface area contributed by atoms with Crippen molar-refractivity contribution in [1.29, 1.82) is 0 Å². The molecule has 0 aliphatic heterocycles. The molecule has 0 bridgehead atoms.